The van der Waals surface area contributed by atoms with Gasteiger partial charge >= 0.3 is 5.97 Å². The predicted molar refractivity (Wildman–Crippen MR) is 92.7 cm³/mol. The summed E-state index contributed by atoms with van der Waals surface area (Å²) in [4.78, 5) is 35.0. The third kappa shape index (κ3) is 10.1. The van der Waals surface area contributed by atoms with Crippen LogP contribution in [0.15, 0.2) is 0 Å². The van der Waals surface area contributed by atoms with Crippen LogP contribution in [-0.4, -0.2) is 23.8 Å². The number of primary amides is 1. The molecule has 3 atom stereocenters. The van der Waals surface area contributed by atoms with Crippen LogP contribution < -0.4 is 5.73 Å². The van der Waals surface area contributed by atoms with Crippen LogP contribution in [0.5, 0.6) is 0 Å². The van der Waals surface area contributed by atoms with Gasteiger partial charge in [-0.05, 0) is 25.2 Å². The summed E-state index contributed by atoms with van der Waals surface area (Å²) in [5, 5.41) is 0. The van der Waals surface area contributed by atoms with Gasteiger partial charge in [-0.15, -0.1) is 0 Å². The van der Waals surface area contributed by atoms with Crippen molar-refractivity contribution in [3.05, 3.63) is 0 Å². The summed E-state index contributed by atoms with van der Waals surface area (Å²) in [6, 6.07) is 0. The van der Waals surface area contributed by atoms with Gasteiger partial charge < -0.3 is 10.5 Å². The number of hydrogen-bond donors (Lipinski definition) is 1. The maximum Gasteiger partial charge on any atom is 0.306 e. The van der Waals surface area contributed by atoms with Crippen LogP contribution >= 0.6 is 0 Å². The summed E-state index contributed by atoms with van der Waals surface area (Å²) in [7, 11) is 0. The first-order valence-electron chi connectivity index (χ1n) is 8.73. The molecule has 0 heterocycles. The largest absolute Gasteiger partial charge is 0.454 e. The molecule has 0 radical (unpaired) electrons. The predicted octanol–water partition coefficient (Wildman–Crippen LogP) is 3.49. The first kappa shape index (κ1) is 23.9. The van der Waals surface area contributed by atoms with Crippen LogP contribution in [0, 0.1) is 17.8 Å². The standard InChI is InChI=1S/C16H29NO4.C2H6/c1-6-11(4)8-7-9-13(18)21-15(10(2)3)14(19)12(5)16(17)20;1-2/h10-12,15H,6-9H2,1-5H3,(H2,17,20);1-2H3/t11?,12-,15?;/m0./s1. The highest BCUT2D eigenvalue weighted by atomic mass is 16.5. The lowest BCUT2D eigenvalue weighted by atomic mass is 9.94. The molecule has 0 bridgehead atoms. The molecule has 5 heteroatoms. The number of carbonyl (C=O) groups is 3. The Bertz CT molecular complexity index is 366. The van der Waals surface area contributed by atoms with Gasteiger partial charge in [0, 0.05) is 6.42 Å². The molecule has 0 aromatic rings. The van der Waals surface area contributed by atoms with Crippen molar-refractivity contribution in [2.24, 2.45) is 23.5 Å². The van der Waals surface area contributed by atoms with Crippen molar-refractivity contribution in [2.75, 3.05) is 0 Å². The van der Waals surface area contributed by atoms with E-state index in [1.807, 2.05) is 13.8 Å². The van der Waals surface area contributed by atoms with Crippen LogP contribution in [0.2, 0.25) is 0 Å². The van der Waals surface area contributed by atoms with E-state index in [0.717, 1.165) is 19.3 Å². The summed E-state index contributed by atoms with van der Waals surface area (Å²) in [5.74, 6) is -2.05. The molecule has 23 heavy (non-hydrogen) atoms. The second-order valence-electron chi connectivity index (χ2n) is 6.09. The molecule has 0 saturated carbocycles. The zero-order valence-corrected chi connectivity index (χ0v) is 15.8. The fraction of sp³-hybridized carbons (Fsp3) is 0.833. The third-order valence-electron chi connectivity index (χ3n) is 3.77. The van der Waals surface area contributed by atoms with Gasteiger partial charge in [0.05, 0.1) is 5.92 Å². The minimum Gasteiger partial charge on any atom is -0.454 e. The highest BCUT2D eigenvalue weighted by Gasteiger charge is 2.32. The number of Topliss-reactive ketones (excluding diaryl/α,β-unsaturated/α-hetero) is 1. The minimum absolute atomic E-state index is 0.183. The molecule has 136 valence electrons. The van der Waals surface area contributed by atoms with Crippen molar-refractivity contribution in [2.45, 2.75) is 80.3 Å². The summed E-state index contributed by atoms with van der Waals surface area (Å²) in [6.45, 7) is 13.3. The second kappa shape index (κ2) is 13.1. The summed E-state index contributed by atoms with van der Waals surface area (Å²) in [5.41, 5.74) is 5.13. The first-order valence-corrected chi connectivity index (χ1v) is 8.73. The van der Waals surface area contributed by atoms with Gasteiger partial charge in [0.1, 0.15) is 0 Å². The Labute approximate surface area is 141 Å². The van der Waals surface area contributed by atoms with Crippen molar-refractivity contribution >= 4 is 17.7 Å². The average Bonchev–Trinajstić information content (AvgIpc) is 2.52. The second-order valence-corrected chi connectivity index (χ2v) is 6.09. The summed E-state index contributed by atoms with van der Waals surface area (Å²) in [6.07, 6.45) is 2.19. The van der Waals surface area contributed by atoms with Crippen molar-refractivity contribution < 1.29 is 19.1 Å². The van der Waals surface area contributed by atoms with Gasteiger partial charge in [0.15, 0.2) is 11.9 Å². The highest BCUT2D eigenvalue weighted by Crippen LogP contribution is 2.16. The number of carbonyl (C=O) groups excluding carboxylic acids is 3. The molecule has 0 saturated heterocycles. The lowest BCUT2D eigenvalue weighted by Gasteiger charge is -2.22. The summed E-state index contributed by atoms with van der Waals surface area (Å²) < 4.78 is 5.26. The molecule has 0 aromatic carbocycles. The normalized spacial score (nSPS) is 14.3. The lowest BCUT2D eigenvalue weighted by molar-refractivity contribution is -0.160. The van der Waals surface area contributed by atoms with Crippen molar-refractivity contribution in [3.63, 3.8) is 0 Å². The fourth-order valence-corrected chi connectivity index (χ4v) is 1.91. The zero-order chi connectivity index (χ0) is 18.6. The molecule has 0 aromatic heterocycles. The highest BCUT2D eigenvalue weighted by molar-refractivity contribution is 6.03. The van der Waals surface area contributed by atoms with Gasteiger partial charge in [0.25, 0.3) is 0 Å². The Kier molecular flexibility index (Phi) is 13.6. The van der Waals surface area contributed by atoms with Crippen molar-refractivity contribution in [1.82, 2.24) is 0 Å². The minimum atomic E-state index is -0.940. The van der Waals surface area contributed by atoms with E-state index < -0.39 is 23.7 Å². The molecule has 0 aliphatic heterocycles. The molecular formula is C18H35NO4. The third-order valence-corrected chi connectivity index (χ3v) is 3.77. The van der Waals surface area contributed by atoms with E-state index in [0.29, 0.717) is 12.3 Å². The van der Waals surface area contributed by atoms with Crippen molar-refractivity contribution in [1.29, 1.82) is 0 Å². The monoisotopic (exact) mass is 329 g/mol. The Balaban J connectivity index is 0. The number of ether oxygens (including phenoxy) is 1. The van der Waals surface area contributed by atoms with Gasteiger partial charge in [-0.2, -0.15) is 0 Å². The van der Waals surface area contributed by atoms with E-state index in [9.17, 15) is 14.4 Å². The van der Waals surface area contributed by atoms with Crippen LogP contribution in [0.25, 0.3) is 0 Å². The fourth-order valence-electron chi connectivity index (χ4n) is 1.91. The van der Waals surface area contributed by atoms with E-state index in [1.54, 1.807) is 13.8 Å². The van der Waals surface area contributed by atoms with Gasteiger partial charge in [-0.3, -0.25) is 14.4 Å². The van der Waals surface area contributed by atoms with Crippen molar-refractivity contribution in [3.8, 4) is 0 Å². The van der Waals surface area contributed by atoms with Crippen LogP contribution in [0.1, 0.15) is 74.1 Å². The quantitative estimate of drug-likeness (QED) is 0.491. The van der Waals surface area contributed by atoms with E-state index in [-0.39, 0.29) is 11.9 Å². The average molecular weight is 329 g/mol. The lowest BCUT2D eigenvalue weighted by Crippen LogP contribution is -2.40. The maximum absolute atomic E-state index is 12.1. The smallest absolute Gasteiger partial charge is 0.306 e. The van der Waals surface area contributed by atoms with Gasteiger partial charge in [-0.25, -0.2) is 0 Å². The molecule has 0 fully saturated rings. The maximum atomic E-state index is 12.1. The van der Waals surface area contributed by atoms with E-state index >= 15 is 0 Å². The number of esters is 1. The van der Waals surface area contributed by atoms with Gasteiger partial charge in [-0.1, -0.05) is 54.4 Å². The molecule has 0 aliphatic carbocycles. The van der Waals surface area contributed by atoms with Crippen LogP contribution in [0.4, 0.5) is 0 Å². The molecule has 0 spiro atoms. The molecule has 0 rings (SSSR count). The Morgan fingerprint density at radius 1 is 1.04 bits per heavy atom. The number of rotatable bonds is 10. The molecule has 5 nitrogen and oxygen atoms in total. The number of amides is 1. The molecule has 2 unspecified atom stereocenters. The molecular weight excluding hydrogens is 294 g/mol. The van der Waals surface area contributed by atoms with Crippen LogP contribution in [0.3, 0.4) is 0 Å². The molecule has 0 aliphatic rings. The van der Waals surface area contributed by atoms with Gasteiger partial charge in [0.2, 0.25) is 5.91 Å². The van der Waals surface area contributed by atoms with E-state index in [1.165, 1.54) is 6.92 Å². The number of hydrogen-bond acceptors (Lipinski definition) is 4. The Morgan fingerprint density at radius 3 is 1.96 bits per heavy atom. The molecule has 1 amide bonds. The first-order chi connectivity index (χ1) is 10.7. The number of ketones is 1. The Morgan fingerprint density at radius 2 is 1.57 bits per heavy atom. The van der Waals surface area contributed by atoms with E-state index in [4.69, 9.17) is 10.5 Å². The Hall–Kier alpha value is -1.39. The molecule has 2 N–H and O–H groups in total. The summed E-state index contributed by atoms with van der Waals surface area (Å²) >= 11 is 0. The van der Waals surface area contributed by atoms with Crippen LogP contribution in [-0.2, 0) is 19.1 Å². The zero-order valence-electron chi connectivity index (χ0n) is 15.8. The SMILES string of the molecule is CC.CCC(C)CCCC(=O)OC(C(=O)[C@H](C)C(N)=O)C(C)C. The topological polar surface area (TPSA) is 86.5 Å². The number of nitrogens with two attached hydrogens (primary N) is 1. The van der Waals surface area contributed by atoms with E-state index in [2.05, 4.69) is 13.8 Å².